The molecular weight excluding hydrogens is 1420 g/mol. The van der Waals surface area contributed by atoms with Crippen molar-refractivity contribution < 1.29 is 9.68 Å². The molecule has 16 aromatic carbocycles. The van der Waals surface area contributed by atoms with Crippen molar-refractivity contribution in [2.45, 2.75) is 46.0 Å². The summed E-state index contributed by atoms with van der Waals surface area (Å²) in [5.41, 5.74) is 32.4. The predicted octanol–water partition coefficient (Wildman–Crippen LogP) is 27.4. The first-order valence-electron chi connectivity index (χ1n) is 37.7. The number of fused-ring (bicyclic) bond motifs is 18. The summed E-state index contributed by atoms with van der Waals surface area (Å²) in [6, 6.07) is 131. The van der Waals surface area contributed by atoms with E-state index in [4.69, 9.17) is 9.68 Å². The summed E-state index contributed by atoms with van der Waals surface area (Å²) in [7, 11) is 0.723. The van der Waals surface area contributed by atoms with Gasteiger partial charge in [0, 0.05) is 81.1 Å². The largest absolute Gasteiger partial charge is 0.569 e. The van der Waals surface area contributed by atoms with Crippen LogP contribution in [0.2, 0.25) is 0 Å². The summed E-state index contributed by atoms with van der Waals surface area (Å²) >= 11 is 3.62. The van der Waals surface area contributed by atoms with Crippen LogP contribution in [0.5, 0.6) is 5.75 Å². The minimum absolute atomic E-state index is 0. The first-order chi connectivity index (χ1) is 53.9. The third-order valence-electron chi connectivity index (χ3n) is 23.2. The van der Waals surface area contributed by atoms with E-state index in [1.165, 1.54) is 160 Å². The van der Waals surface area contributed by atoms with Gasteiger partial charge in [-0.05, 0) is 211 Å². The fourth-order valence-corrected chi connectivity index (χ4v) is 18.4. The van der Waals surface area contributed by atoms with Gasteiger partial charge in [0.05, 0.1) is 44.1 Å². The Morgan fingerprint density at radius 2 is 0.568 bits per heavy atom. The van der Waals surface area contributed by atoms with Gasteiger partial charge < -0.3 is 27.9 Å². The minimum Gasteiger partial charge on any atom is -0.537 e. The molecule has 0 fully saturated rings. The van der Waals surface area contributed by atoms with Gasteiger partial charge in [-0.3, -0.25) is 0 Å². The van der Waals surface area contributed by atoms with Gasteiger partial charge in [0.1, 0.15) is 5.75 Å². The maximum atomic E-state index is 9.05. The standard InChI is InChI=1S/C51H36N2.C27H21BNO2.C24H16BrN.CH4/c1-51(2)45-20-9-6-17-39(45)40-26-25-38(32-46(40)51)53-48-22-11-8-19-42(48)44-31-36(24-28-50(44)53)35-23-27-49-43(30-35)41-18-7-10-21-47(41)52(49)37-16-12-15-34(29-37)33-13-4-3-5-14-33;1-27(2)23-9-5-3-7-19(23)20-13-11-17(15-24(20)27)29-25-10-6-4-8-21(25)22-16-18(31-28-30)12-14-26(22)29;25-19-13-14-24-22(16-19)21-11-4-5-12-23(21)26(24)20-10-6-9-18(15-20)17-7-2-1-3-8-17;/h3-32H,1-2H3;3-16,30H,1-2H3;1-16H;1H4. The van der Waals surface area contributed by atoms with Crippen LogP contribution in [0, 0.1) is 0 Å². The van der Waals surface area contributed by atoms with Gasteiger partial charge in [-0.25, -0.2) is 0 Å². The Hall–Kier alpha value is -13.0. The van der Waals surface area contributed by atoms with Crippen LogP contribution in [-0.4, -0.2) is 31.0 Å². The van der Waals surface area contributed by atoms with E-state index in [1.807, 2.05) is 12.1 Å². The van der Waals surface area contributed by atoms with Crippen molar-refractivity contribution in [2.24, 2.45) is 0 Å². The number of aromatic nitrogens is 4. The van der Waals surface area contributed by atoms with Gasteiger partial charge in [0.15, 0.2) is 0 Å². The monoisotopic (exact) mass is 1490 g/mol. The molecule has 1 radical (unpaired) electrons. The molecule has 0 amide bonds. The Kier molecular flexibility index (Phi) is 16.9. The smallest absolute Gasteiger partial charge is 0.537 e. The number of para-hydroxylation sites is 4. The topological polar surface area (TPSA) is 49.2 Å². The summed E-state index contributed by atoms with van der Waals surface area (Å²) in [5.74, 6) is 0.614. The quantitative estimate of drug-likeness (QED) is 0.146. The normalized spacial score (nSPS) is 12.8. The molecule has 8 heteroatoms. The summed E-state index contributed by atoms with van der Waals surface area (Å²) in [6.07, 6.45) is 0. The van der Waals surface area contributed by atoms with E-state index in [1.54, 1.807) is 0 Å². The molecule has 0 saturated heterocycles. The second kappa shape index (κ2) is 27.3. The van der Waals surface area contributed by atoms with E-state index in [-0.39, 0.29) is 18.3 Å². The first kappa shape index (κ1) is 68.5. The van der Waals surface area contributed by atoms with Crippen molar-refractivity contribution in [3.63, 3.8) is 0 Å². The van der Waals surface area contributed by atoms with E-state index >= 15 is 0 Å². The van der Waals surface area contributed by atoms with Gasteiger partial charge in [-0.1, -0.05) is 282 Å². The molecule has 6 nitrogen and oxygen atoms in total. The Labute approximate surface area is 655 Å². The highest BCUT2D eigenvalue weighted by Gasteiger charge is 2.37. The summed E-state index contributed by atoms with van der Waals surface area (Å²) < 4.78 is 15.9. The van der Waals surface area contributed by atoms with Crippen LogP contribution >= 0.6 is 15.9 Å². The molecule has 0 unspecified atom stereocenters. The Morgan fingerprint density at radius 1 is 0.252 bits per heavy atom. The molecule has 0 bridgehead atoms. The minimum atomic E-state index is -0.0552. The third kappa shape index (κ3) is 11.3. The van der Waals surface area contributed by atoms with Gasteiger partial charge in [0.2, 0.25) is 0 Å². The highest BCUT2D eigenvalue weighted by Crippen LogP contribution is 2.52. The van der Waals surface area contributed by atoms with E-state index in [2.05, 4.69) is 414 Å². The molecule has 531 valence electrons. The lowest BCUT2D eigenvalue weighted by Gasteiger charge is -2.22. The molecule has 0 spiro atoms. The SMILES string of the molecule is Brc1ccc2c(c1)c1ccccc1n2-c1cccc(-c2ccccc2)c1.C.CC1(C)c2ccccc2-c2ccc(-n3c4ccccc4c4cc(-c5ccc6c(c5)c5ccccc5n6-c5cccc(-c6ccccc6)c5)ccc43)cc21.CC1(C)c2ccccc2-c2ccc(-n3c4ccccc4c4cc(O[B]O)ccc43)cc21. The van der Waals surface area contributed by atoms with Crippen LogP contribution in [0.15, 0.2) is 368 Å². The van der Waals surface area contributed by atoms with Crippen LogP contribution in [-0.2, 0) is 10.8 Å². The summed E-state index contributed by atoms with van der Waals surface area (Å²) in [5, 5.41) is 18.9. The molecule has 22 rings (SSSR count). The highest BCUT2D eigenvalue weighted by atomic mass is 79.9. The van der Waals surface area contributed by atoms with Gasteiger partial charge in [0.25, 0.3) is 0 Å². The lowest BCUT2D eigenvalue weighted by Crippen LogP contribution is -2.15. The molecule has 0 saturated carbocycles. The third-order valence-corrected chi connectivity index (χ3v) is 23.7. The number of hydrogen-bond donors (Lipinski definition) is 1. The molecule has 4 aromatic heterocycles. The zero-order valence-corrected chi connectivity index (χ0v) is 62.8. The lowest BCUT2D eigenvalue weighted by molar-refractivity contribution is 0.454. The number of rotatable bonds is 9. The van der Waals surface area contributed by atoms with E-state index in [9.17, 15) is 0 Å². The van der Waals surface area contributed by atoms with Crippen molar-refractivity contribution in [3.8, 4) is 84.1 Å². The number of halogens is 1. The van der Waals surface area contributed by atoms with Gasteiger partial charge >= 0.3 is 7.69 Å². The van der Waals surface area contributed by atoms with Crippen molar-refractivity contribution in [1.82, 2.24) is 18.3 Å². The fraction of sp³-hybridized carbons (Fsp3) is 0.0680. The Morgan fingerprint density at radius 3 is 0.991 bits per heavy atom. The van der Waals surface area contributed by atoms with Crippen molar-refractivity contribution in [3.05, 3.63) is 391 Å². The maximum absolute atomic E-state index is 9.05. The molecular formula is C103H77BBrN4O2. The molecule has 1 N–H and O–H groups in total. The molecule has 0 aliphatic heterocycles. The van der Waals surface area contributed by atoms with Crippen LogP contribution < -0.4 is 4.65 Å². The number of benzene rings is 16. The zero-order valence-electron chi connectivity index (χ0n) is 61.2. The van der Waals surface area contributed by atoms with Crippen LogP contribution in [0.3, 0.4) is 0 Å². The summed E-state index contributed by atoms with van der Waals surface area (Å²) in [6.45, 7) is 9.33. The van der Waals surface area contributed by atoms with Crippen LogP contribution in [0.25, 0.3) is 166 Å². The van der Waals surface area contributed by atoms with Crippen molar-refractivity contribution in [1.29, 1.82) is 0 Å². The van der Waals surface area contributed by atoms with Gasteiger partial charge in [-0.2, -0.15) is 0 Å². The molecule has 2 aliphatic carbocycles. The zero-order chi connectivity index (χ0) is 73.9. The Bertz CT molecular complexity index is 7080. The molecule has 4 heterocycles. The van der Waals surface area contributed by atoms with Crippen molar-refractivity contribution in [2.75, 3.05) is 0 Å². The van der Waals surface area contributed by atoms with Crippen LogP contribution in [0.4, 0.5) is 0 Å². The molecule has 20 aromatic rings. The molecule has 111 heavy (non-hydrogen) atoms. The van der Waals surface area contributed by atoms with E-state index in [0.717, 1.165) is 39.7 Å². The molecule has 0 atom stereocenters. The predicted molar refractivity (Wildman–Crippen MR) is 471 cm³/mol. The van der Waals surface area contributed by atoms with Crippen molar-refractivity contribution >= 4 is 111 Å². The molecule has 2 aliphatic rings. The second-order valence-electron chi connectivity index (χ2n) is 30.1. The van der Waals surface area contributed by atoms with Gasteiger partial charge in [-0.15, -0.1) is 0 Å². The summed E-state index contributed by atoms with van der Waals surface area (Å²) in [4.78, 5) is 0. The number of nitrogens with zero attached hydrogens (tertiary/aromatic N) is 4. The second-order valence-corrected chi connectivity index (χ2v) is 31.0. The lowest BCUT2D eigenvalue weighted by atomic mass is 9.82. The maximum Gasteiger partial charge on any atom is 0.569 e. The van der Waals surface area contributed by atoms with Crippen LogP contribution in [0.1, 0.15) is 57.4 Å². The first-order valence-corrected chi connectivity index (χ1v) is 38.5. The number of hydrogen-bond acceptors (Lipinski definition) is 2. The average molecular weight is 1490 g/mol. The van der Waals surface area contributed by atoms with E-state index in [0.29, 0.717) is 5.75 Å². The van der Waals surface area contributed by atoms with E-state index < -0.39 is 0 Å². The average Bonchev–Trinajstić information content (AvgIpc) is 1.43. The fourth-order valence-electron chi connectivity index (χ4n) is 18.0. The highest BCUT2D eigenvalue weighted by molar-refractivity contribution is 9.10. The Balaban J connectivity index is 0.000000122.